The van der Waals surface area contributed by atoms with E-state index in [1.165, 1.54) is 6.08 Å². The minimum Gasteiger partial charge on any atom is -0.372 e. The molecule has 1 heterocycles. The number of rotatable bonds is 5. The fourth-order valence-electron chi connectivity index (χ4n) is 2.68. The molecule has 1 fully saturated rings. The van der Waals surface area contributed by atoms with Crippen molar-refractivity contribution >= 4 is 11.8 Å². The van der Waals surface area contributed by atoms with Gasteiger partial charge in [0.2, 0.25) is 5.91 Å². The Balaban J connectivity index is 2.62. The number of ether oxygens (including phenoxy) is 1. The van der Waals surface area contributed by atoms with Gasteiger partial charge in [-0.2, -0.15) is 0 Å². The number of amides is 2. The van der Waals surface area contributed by atoms with Gasteiger partial charge in [-0.15, -0.1) is 0 Å². The lowest BCUT2D eigenvalue weighted by Crippen LogP contribution is -2.52. The maximum Gasteiger partial charge on any atom is 0.251 e. The zero-order chi connectivity index (χ0) is 15.3. The van der Waals surface area contributed by atoms with Crippen LogP contribution in [0.4, 0.5) is 0 Å². The van der Waals surface area contributed by atoms with Crippen LogP contribution < -0.4 is 0 Å². The molecule has 114 valence electrons. The van der Waals surface area contributed by atoms with Gasteiger partial charge in [0.25, 0.3) is 5.91 Å². The van der Waals surface area contributed by atoms with E-state index in [1.54, 1.807) is 14.0 Å². The second-order valence-corrected chi connectivity index (χ2v) is 5.48. The van der Waals surface area contributed by atoms with E-state index in [0.717, 1.165) is 12.8 Å². The number of likely N-dealkylation sites (tertiary alicyclic amines) is 1. The Kier molecular flexibility index (Phi) is 6.20. The lowest BCUT2D eigenvalue weighted by atomic mass is 10.0. The van der Waals surface area contributed by atoms with Crippen LogP contribution in [-0.4, -0.2) is 60.0 Å². The van der Waals surface area contributed by atoms with Crippen LogP contribution in [0.2, 0.25) is 0 Å². The Morgan fingerprint density at radius 3 is 2.25 bits per heavy atom. The third kappa shape index (κ3) is 3.82. The predicted molar refractivity (Wildman–Crippen MR) is 78.3 cm³/mol. The summed E-state index contributed by atoms with van der Waals surface area (Å²) in [6.45, 7) is 10.7. The van der Waals surface area contributed by atoms with Crippen molar-refractivity contribution < 1.29 is 14.3 Å². The Morgan fingerprint density at radius 2 is 1.85 bits per heavy atom. The number of piperidine rings is 1. The monoisotopic (exact) mass is 282 g/mol. The maximum atomic E-state index is 12.0. The number of hydrogen-bond acceptors (Lipinski definition) is 3. The van der Waals surface area contributed by atoms with Crippen LogP contribution >= 0.6 is 0 Å². The van der Waals surface area contributed by atoms with Gasteiger partial charge >= 0.3 is 0 Å². The normalized spacial score (nSPS) is 17.9. The van der Waals surface area contributed by atoms with Crippen molar-refractivity contribution in [2.45, 2.75) is 51.8 Å². The summed E-state index contributed by atoms with van der Waals surface area (Å²) >= 11 is 0. The van der Waals surface area contributed by atoms with E-state index in [9.17, 15) is 9.59 Å². The number of hydrogen-bond donors (Lipinski definition) is 0. The van der Waals surface area contributed by atoms with Gasteiger partial charge in [0, 0.05) is 32.3 Å². The average Bonchev–Trinajstić information content (AvgIpc) is 2.46. The van der Waals surface area contributed by atoms with Crippen LogP contribution in [0.3, 0.4) is 0 Å². The molecule has 5 nitrogen and oxygen atoms in total. The first-order chi connectivity index (χ1) is 9.42. The first-order valence-corrected chi connectivity index (χ1v) is 7.18. The molecule has 0 aromatic rings. The molecule has 0 aliphatic carbocycles. The number of carbonyl (C=O) groups is 2. The molecule has 1 atom stereocenters. The highest BCUT2D eigenvalue weighted by Gasteiger charge is 2.31. The summed E-state index contributed by atoms with van der Waals surface area (Å²) in [5.74, 6) is -0.00729. The van der Waals surface area contributed by atoms with E-state index < -0.39 is 6.10 Å². The molecule has 0 radical (unpaired) electrons. The van der Waals surface area contributed by atoms with Gasteiger partial charge in [0.15, 0.2) is 0 Å². The molecule has 1 aliphatic heterocycles. The molecule has 2 amide bonds. The number of nitrogens with zero attached hydrogens (tertiary/aromatic N) is 2. The quantitative estimate of drug-likeness (QED) is 0.717. The molecule has 0 N–H and O–H groups in total. The van der Waals surface area contributed by atoms with E-state index in [2.05, 4.69) is 6.58 Å². The van der Waals surface area contributed by atoms with E-state index in [1.807, 2.05) is 23.6 Å². The van der Waals surface area contributed by atoms with Crippen molar-refractivity contribution in [3.05, 3.63) is 12.7 Å². The third-order valence-electron chi connectivity index (χ3n) is 3.86. The van der Waals surface area contributed by atoms with Crippen LogP contribution in [-0.2, 0) is 14.3 Å². The molecule has 1 saturated heterocycles. The summed E-state index contributed by atoms with van der Waals surface area (Å²) < 4.78 is 5.06. The van der Waals surface area contributed by atoms with E-state index in [4.69, 9.17) is 4.74 Å². The molecule has 20 heavy (non-hydrogen) atoms. The van der Waals surface area contributed by atoms with Crippen molar-refractivity contribution in [1.29, 1.82) is 0 Å². The van der Waals surface area contributed by atoms with Crippen LogP contribution in [0.5, 0.6) is 0 Å². The molecule has 0 saturated carbocycles. The van der Waals surface area contributed by atoms with Gasteiger partial charge in [0.05, 0.1) is 0 Å². The van der Waals surface area contributed by atoms with E-state index >= 15 is 0 Å². The van der Waals surface area contributed by atoms with Gasteiger partial charge in [-0.05, 0) is 39.7 Å². The van der Waals surface area contributed by atoms with Gasteiger partial charge in [-0.1, -0.05) is 6.58 Å². The summed E-state index contributed by atoms with van der Waals surface area (Å²) in [5.41, 5.74) is 0. The summed E-state index contributed by atoms with van der Waals surface area (Å²) in [7, 11) is 1.54. The minimum atomic E-state index is -0.400. The highest BCUT2D eigenvalue weighted by Crippen LogP contribution is 2.20. The lowest BCUT2D eigenvalue weighted by Gasteiger charge is -2.40. The van der Waals surface area contributed by atoms with Gasteiger partial charge < -0.3 is 14.5 Å². The number of carbonyl (C=O) groups excluding carboxylic acids is 2. The van der Waals surface area contributed by atoms with Crippen molar-refractivity contribution in [1.82, 2.24) is 9.80 Å². The smallest absolute Gasteiger partial charge is 0.251 e. The van der Waals surface area contributed by atoms with Crippen molar-refractivity contribution in [3.8, 4) is 0 Å². The van der Waals surface area contributed by atoms with Crippen LogP contribution in [0.25, 0.3) is 0 Å². The van der Waals surface area contributed by atoms with Crippen LogP contribution in [0.15, 0.2) is 12.7 Å². The van der Waals surface area contributed by atoms with E-state index in [0.29, 0.717) is 13.1 Å². The Bertz CT molecular complexity index is 360. The highest BCUT2D eigenvalue weighted by atomic mass is 16.5. The molecule has 0 spiro atoms. The molecular weight excluding hydrogens is 256 g/mol. The van der Waals surface area contributed by atoms with E-state index in [-0.39, 0.29) is 23.9 Å². The molecule has 5 heteroatoms. The fourth-order valence-corrected chi connectivity index (χ4v) is 2.68. The topological polar surface area (TPSA) is 49.9 Å². The summed E-state index contributed by atoms with van der Waals surface area (Å²) in [5, 5.41) is 0. The van der Waals surface area contributed by atoms with Gasteiger partial charge in [-0.3, -0.25) is 9.59 Å². The number of methoxy groups -OCH3 is 1. The summed E-state index contributed by atoms with van der Waals surface area (Å²) in [4.78, 5) is 27.7. The van der Waals surface area contributed by atoms with Crippen LogP contribution in [0, 0.1) is 0 Å². The largest absolute Gasteiger partial charge is 0.372 e. The van der Waals surface area contributed by atoms with Crippen molar-refractivity contribution in [2.24, 2.45) is 0 Å². The van der Waals surface area contributed by atoms with Gasteiger partial charge in [-0.25, -0.2) is 0 Å². The molecule has 0 unspecified atom stereocenters. The fraction of sp³-hybridized carbons (Fsp3) is 0.733. The third-order valence-corrected chi connectivity index (χ3v) is 3.86. The summed E-state index contributed by atoms with van der Waals surface area (Å²) in [6.07, 6.45) is 2.58. The Hall–Kier alpha value is -1.36. The Labute approximate surface area is 121 Å². The van der Waals surface area contributed by atoms with Crippen molar-refractivity contribution in [2.75, 3.05) is 20.2 Å². The standard InChI is InChI=1S/C15H26N2O3/c1-6-14(18)17(11(2)3)13-7-9-16(10-8-13)15(19)12(4)20-5/h6,11-13H,1,7-10H2,2-5H3/t12-/m0/s1. The molecule has 0 aromatic carbocycles. The SMILES string of the molecule is C=CC(=O)N(C(C)C)C1CCN(C(=O)[C@H](C)OC)CC1. The molecule has 0 aromatic heterocycles. The first kappa shape index (κ1) is 16.7. The summed E-state index contributed by atoms with van der Waals surface area (Å²) in [6, 6.07) is 0.327. The second kappa shape index (κ2) is 7.43. The first-order valence-electron chi connectivity index (χ1n) is 7.18. The molecule has 1 rings (SSSR count). The maximum absolute atomic E-state index is 12.0. The average molecular weight is 282 g/mol. The van der Waals surface area contributed by atoms with Gasteiger partial charge in [0.1, 0.15) is 6.10 Å². The Morgan fingerprint density at radius 1 is 1.30 bits per heavy atom. The molecule has 1 aliphatic rings. The minimum absolute atomic E-state index is 0.0251. The highest BCUT2D eigenvalue weighted by molar-refractivity contribution is 5.87. The second-order valence-electron chi connectivity index (χ2n) is 5.48. The zero-order valence-electron chi connectivity index (χ0n) is 13.0. The lowest BCUT2D eigenvalue weighted by molar-refractivity contribution is -0.143. The van der Waals surface area contributed by atoms with Crippen molar-refractivity contribution in [3.63, 3.8) is 0 Å². The molecular formula is C15H26N2O3. The predicted octanol–water partition coefficient (Wildman–Crippen LogP) is 1.44. The molecule has 0 bridgehead atoms. The zero-order valence-corrected chi connectivity index (χ0v) is 13.0. The van der Waals surface area contributed by atoms with Crippen LogP contribution in [0.1, 0.15) is 33.6 Å².